The van der Waals surface area contributed by atoms with Gasteiger partial charge in [-0.25, -0.2) is 0 Å². The van der Waals surface area contributed by atoms with Crippen LogP contribution in [0.4, 0.5) is 20.3 Å². The smallest absolute Gasteiger partial charge is 0.445 e. The molecule has 0 aliphatic carbocycles. The van der Waals surface area contributed by atoms with Crippen LogP contribution in [0.5, 0.6) is 23.0 Å². The van der Waals surface area contributed by atoms with E-state index in [4.69, 9.17) is 24.0 Å². The third-order valence-electron chi connectivity index (χ3n) is 5.93. The van der Waals surface area contributed by atoms with Gasteiger partial charge in [0, 0.05) is 39.9 Å². The summed E-state index contributed by atoms with van der Waals surface area (Å²) in [5.41, 5.74) is 2.66. The summed E-state index contributed by atoms with van der Waals surface area (Å²) in [6.45, 7) is 1.55. The van der Waals surface area contributed by atoms with Gasteiger partial charge in [0.1, 0.15) is 18.0 Å². The zero-order valence-corrected chi connectivity index (χ0v) is 23.0. The van der Waals surface area contributed by atoms with Crippen LogP contribution in [0.25, 0.3) is 17.0 Å². The third-order valence-corrected chi connectivity index (χ3v) is 7.03. The molecule has 0 saturated heterocycles. The third kappa shape index (κ3) is 5.01. The van der Waals surface area contributed by atoms with Gasteiger partial charge in [-0.15, -0.1) is 15.3 Å². The topological polar surface area (TPSA) is 95.3 Å². The minimum atomic E-state index is -3.27. The molecule has 10 nitrogen and oxygen atoms in total. The molecule has 0 spiro atoms. The van der Waals surface area contributed by atoms with E-state index in [1.54, 1.807) is 30.9 Å². The highest BCUT2D eigenvalue weighted by Crippen LogP contribution is 2.41. The Bertz CT molecular complexity index is 1500. The predicted molar refractivity (Wildman–Crippen MR) is 149 cm³/mol. The zero-order valence-electron chi connectivity index (χ0n) is 20.9. The Labute approximate surface area is 227 Å². The highest BCUT2D eigenvalue weighted by Gasteiger charge is 2.29. The number of fused-ring (bicyclic) bond motifs is 3. The minimum Gasteiger partial charge on any atom is -0.493 e. The fourth-order valence-corrected chi connectivity index (χ4v) is 4.50. The number of halogens is 3. The number of benzene rings is 2. The molecule has 1 aliphatic rings. The van der Waals surface area contributed by atoms with Crippen LogP contribution in [-0.2, 0) is 6.54 Å². The minimum absolute atomic E-state index is 0.0119. The molecule has 1 aliphatic heterocycles. The van der Waals surface area contributed by atoms with Gasteiger partial charge < -0.3 is 29.2 Å². The van der Waals surface area contributed by atoms with Gasteiger partial charge in [-0.1, -0.05) is 22.7 Å². The molecule has 0 bridgehead atoms. The maximum absolute atomic E-state index is 13.8. The maximum atomic E-state index is 13.8. The van der Waals surface area contributed by atoms with Crippen LogP contribution in [0, 0.1) is 0 Å². The van der Waals surface area contributed by atoms with Gasteiger partial charge in [-0.2, -0.15) is 13.3 Å². The molecule has 38 heavy (non-hydrogen) atoms. The lowest BCUT2D eigenvalue weighted by molar-refractivity contribution is -0.0692. The number of hydrogen-bond donors (Lipinski definition) is 1. The fraction of sp³-hybridized carbons (Fsp3) is 0.280. The van der Waals surface area contributed by atoms with E-state index in [1.807, 2.05) is 30.1 Å². The van der Waals surface area contributed by atoms with E-state index in [1.165, 1.54) is 12.1 Å². The molecule has 13 heteroatoms. The van der Waals surface area contributed by atoms with Crippen molar-refractivity contribution in [1.82, 2.24) is 19.8 Å². The monoisotopic (exact) mass is 638 g/mol. The standard InChI is InChI=1S/C25H25F2IN6O4/c1-28-25(26,27)38-17-7-5-6-16(13-17)23-30-31-24-20-21(37-11-10-33(20)2)22(32-34(23)24)29-14-15-8-9-18(35-3)19(12-15)36-4/h5-9,12-13H,1,10-11,14H2,2-4H3,(H,29,32). The number of rotatable bonds is 9. The Balaban J connectivity index is 1.55. The van der Waals surface area contributed by atoms with Crippen molar-refractivity contribution in [3.05, 3.63) is 48.0 Å². The number of nitrogens with one attached hydrogen (secondary N) is 1. The molecule has 0 unspecified atom stereocenters. The molecule has 0 fully saturated rings. The summed E-state index contributed by atoms with van der Waals surface area (Å²) in [5.74, 6) is 2.67. The van der Waals surface area contributed by atoms with Gasteiger partial charge in [0.2, 0.25) is 5.65 Å². The van der Waals surface area contributed by atoms with Gasteiger partial charge in [-0.05, 0) is 29.8 Å². The normalized spacial score (nSPS) is 13.1. The highest BCUT2D eigenvalue weighted by molar-refractivity contribution is 14.2. The van der Waals surface area contributed by atoms with Crippen LogP contribution in [0.3, 0.4) is 0 Å². The number of ether oxygens (including phenoxy) is 4. The first-order valence-electron chi connectivity index (χ1n) is 11.5. The van der Waals surface area contributed by atoms with Crippen molar-refractivity contribution in [2.24, 2.45) is 0 Å². The van der Waals surface area contributed by atoms with Crippen molar-refractivity contribution in [1.29, 1.82) is 0 Å². The maximum Gasteiger partial charge on any atom is 0.445 e. The molecule has 0 atom stereocenters. The van der Waals surface area contributed by atoms with Crippen LogP contribution < -0.4 is 29.2 Å². The number of hydrogen-bond acceptors (Lipinski definition) is 9. The first-order chi connectivity index (χ1) is 18.3. The molecule has 2 aromatic heterocycles. The van der Waals surface area contributed by atoms with Crippen LogP contribution in [0.1, 0.15) is 5.56 Å². The highest BCUT2D eigenvalue weighted by atomic mass is 127. The van der Waals surface area contributed by atoms with Crippen molar-refractivity contribution >= 4 is 42.4 Å². The predicted octanol–water partition coefficient (Wildman–Crippen LogP) is 4.58. The number of aromatic nitrogens is 4. The largest absolute Gasteiger partial charge is 0.493 e. The van der Waals surface area contributed by atoms with E-state index < -0.39 is 24.8 Å². The lowest BCUT2D eigenvalue weighted by Crippen LogP contribution is -2.30. The van der Waals surface area contributed by atoms with E-state index in [-0.39, 0.29) is 5.75 Å². The van der Waals surface area contributed by atoms with Crippen molar-refractivity contribution in [3.63, 3.8) is 0 Å². The average molecular weight is 638 g/mol. The van der Waals surface area contributed by atoms with Gasteiger partial charge in [0.15, 0.2) is 28.9 Å². The summed E-state index contributed by atoms with van der Waals surface area (Å²) in [6, 6.07) is 11.9. The van der Waals surface area contributed by atoms with E-state index in [9.17, 15) is 8.78 Å². The van der Waals surface area contributed by atoms with Gasteiger partial charge in [0.05, 0.1) is 20.8 Å². The fourth-order valence-electron chi connectivity index (χ4n) is 4.09. The Morgan fingerprint density at radius 3 is 2.71 bits per heavy atom. The van der Waals surface area contributed by atoms with E-state index >= 15 is 0 Å². The molecular weight excluding hydrogens is 613 g/mol. The summed E-state index contributed by atoms with van der Waals surface area (Å²) >= 11 is -1.69. The number of likely N-dealkylation sites (N-methyl/N-ethyl adjacent to an activating group) is 1. The number of alkyl halides is 3. The second-order valence-corrected chi connectivity index (χ2v) is 10.3. The summed E-state index contributed by atoms with van der Waals surface area (Å²) in [5, 5.41) is 16.8. The zero-order chi connectivity index (χ0) is 26.9. The average Bonchev–Trinajstić information content (AvgIpc) is 3.35. The summed E-state index contributed by atoms with van der Waals surface area (Å²) in [7, 11) is 5.10. The molecular formula is C25H25F2IN6O4. The van der Waals surface area contributed by atoms with Crippen molar-refractivity contribution in [2.75, 3.05) is 44.6 Å². The molecule has 0 amide bonds. The Morgan fingerprint density at radius 1 is 1.13 bits per heavy atom. The lowest BCUT2D eigenvalue weighted by Gasteiger charge is -2.29. The van der Waals surface area contributed by atoms with Crippen LogP contribution in [-0.4, -0.2) is 62.9 Å². The van der Waals surface area contributed by atoms with Crippen molar-refractivity contribution in [3.8, 4) is 34.4 Å². The SMILES string of the molecule is C=IC(F)(F)Oc1cccc(-c2nnc3c4c(c(NCc5ccc(OC)c(OC)c5)nn23)OCCN4C)c1. The van der Waals surface area contributed by atoms with Crippen LogP contribution >= 0.6 is 20.7 Å². The molecule has 200 valence electrons. The molecule has 4 aromatic rings. The molecule has 3 heterocycles. The Morgan fingerprint density at radius 2 is 1.95 bits per heavy atom. The number of anilines is 2. The molecule has 0 radical (unpaired) electrons. The van der Waals surface area contributed by atoms with E-state index in [2.05, 4.69) is 20.0 Å². The molecule has 0 saturated carbocycles. The molecule has 2 aromatic carbocycles. The quantitative estimate of drug-likeness (QED) is 0.209. The van der Waals surface area contributed by atoms with Crippen molar-refractivity contribution < 1.29 is 27.7 Å². The Kier molecular flexibility index (Phi) is 7.19. The summed E-state index contributed by atoms with van der Waals surface area (Å²) in [6.07, 6.45) is 0. The second kappa shape index (κ2) is 10.6. The lowest BCUT2D eigenvalue weighted by atomic mass is 10.2. The number of nitrogens with zero attached hydrogens (tertiary/aromatic N) is 5. The van der Waals surface area contributed by atoms with E-state index in [0.717, 1.165) is 11.3 Å². The van der Waals surface area contributed by atoms with E-state index in [0.29, 0.717) is 59.8 Å². The summed E-state index contributed by atoms with van der Waals surface area (Å²) in [4.78, 5) is 2.02. The number of methoxy groups -OCH3 is 2. The van der Waals surface area contributed by atoms with Gasteiger partial charge in [0.25, 0.3) is 0 Å². The van der Waals surface area contributed by atoms with Crippen molar-refractivity contribution in [2.45, 2.75) is 10.7 Å². The van der Waals surface area contributed by atoms with Gasteiger partial charge in [-0.3, -0.25) is 0 Å². The molecule has 1 N–H and O–H groups in total. The molecule has 5 rings (SSSR count). The Hall–Kier alpha value is -3.75. The first-order valence-corrected chi connectivity index (χ1v) is 14.1. The first kappa shape index (κ1) is 25.9. The van der Waals surface area contributed by atoms with Crippen LogP contribution in [0.2, 0.25) is 0 Å². The second-order valence-electron chi connectivity index (χ2n) is 8.31. The van der Waals surface area contributed by atoms with Gasteiger partial charge >= 0.3 is 4.12 Å². The summed E-state index contributed by atoms with van der Waals surface area (Å²) < 4.78 is 50.9. The van der Waals surface area contributed by atoms with Crippen LogP contribution in [0.15, 0.2) is 42.5 Å².